The summed E-state index contributed by atoms with van der Waals surface area (Å²) in [6, 6.07) is 7.11. The number of phenols is 1. The van der Waals surface area contributed by atoms with Gasteiger partial charge in [-0.05, 0) is 38.0 Å². The molecule has 0 amide bonds. The maximum Gasteiger partial charge on any atom is 0.317 e. The van der Waals surface area contributed by atoms with Gasteiger partial charge >= 0.3 is 5.97 Å². The van der Waals surface area contributed by atoms with Crippen molar-refractivity contribution >= 4 is 5.97 Å². The van der Waals surface area contributed by atoms with E-state index in [1.54, 1.807) is 18.2 Å². The van der Waals surface area contributed by atoms with Gasteiger partial charge in [-0.25, -0.2) is 0 Å². The van der Waals surface area contributed by atoms with E-state index in [0.29, 0.717) is 0 Å². The summed E-state index contributed by atoms with van der Waals surface area (Å²) in [7, 11) is 0. The highest BCUT2D eigenvalue weighted by atomic mass is 16.4. The molecule has 2 N–H and O–H groups in total. The normalized spacial score (nSPS) is 14.4. The number of carboxylic acids is 1. The van der Waals surface area contributed by atoms with Gasteiger partial charge in [0.1, 0.15) is 5.75 Å². The van der Waals surface area contributed by atoms with E-state index in [0.717, 1.165) is 12.0 Å². The highest BCUT2D eigenvalue weighted by molar-refractivity contribution is 5.69. The summed E-state index contributed by atoms with van der Waals surface area (Å²) < 4.78 is 0. The molecule has 1 aromatic carbocycles. The molecule has 4 nitrogen and oxygen atoms in total. The first-order valence-electron chi connectivity index (χ1n) is 6.22. The highest BCUT2D eigenvalue weighted by Gasteiger charge is 2.22. The van der Waals surface area contributed by atoms with Crippen molar-refractivity contribution in [2.75, 3.05) is 6.54 Å². The first-order chi connectivity index (χ1) is 8.45. The van der Waals surface area contributed by atoms with E-state index in [1.807, 2.05) is 31.7 Å². The van der Waals surface area contributed by atoms with Crippen molar-refractivity contribution in [2.45, 2.75) is 39.3 Å². The molecule has 1 aromatic rings. The molecule has 0 aliphatic heterocycles. The van der Waals surface area contributed by atoms with Gasteiger partial charge in [0.2, 0.25) is 0 Å². The van der Waals surface area contributed by atoms with Crippen molar-refractivity contribution in [1.82, 2.24) is 4.90 Å². The minimum atomic E-state index is -0.831. The van der Waals surface area contributed by atoms with Crippen molar-refractivity contribution < 1.29 is 15.0 Å². The lowest BCUT2D eigenvalue weighted by atomic mass is 10.0. The van der Waals surface area contributed by atoms with E-state index in [2.05, 4.69) is 0 Å². The predicted octanol–water partition coefficient (Wildman–Crippen LogP) is 2.64. The highest BCUT2D eigenvalue weighted by Crippen LogP contribution is 2.25. The van der Waals surface area contributed by atoms with Gasteiger partial charge in [0.25, 0.3) is 0 Å². The molecule has 4 heteroatoms. The third kappa shape index (κ3) is 3.74. The van der Waals surface area contributed by atoms with Gasteiger partial charge in [0.05, 0.1) is 6.54 Å². The molecule has 2 atom stereocenters. The van der Waals surface area contributed by atoms with Crippen molar-refractivity contribution in [3.05, 3.63) is 29.8 Å². The fourth-order valence-electron chi connectivity index (χ4n) is 2.04. The van der Waals surface area contributed by atoms with E-state index in [-0.39, 0.29) is 24.4 Å². The first-order valence-corrected chi connectivity index (χ1v) is 6.22. The largest absolute Gasteiger partial charge is 0.508 e. The molecule has 0 fully saturated rings. The molecule has 100 valence electrons. The average Bonchev–Trinajstić information content (AvgIpc) is 2.34. The summed E-state index contributed by atoms with van der Waals surface area (Å²) >= 11 is 0. The zero-order valence-corrected chi connectivity index (χ0v) is 11.1. The van der Waals surface area contributed by atoms with Gasteiger partial charge in [0.15, 0.2) is 0 Å². The molecule has 2 unspecified atom stereocenters. The molecule has 0 bridgehead atoms. The lowest BCUT2D eigenvalue weighted by Crippen LogP contribution is -2.39. The van der Waals surface area contributed by atoms with Crippen molar-refractivity contribution in [2.24, 2.45) is 0 Å². The fourth-order valence-corrected chi connectivity index (χ4v) is 2.04. The molecule has 0 spiro atoms. The summed E-state index contributed by atoms with van der Waals surface area (Å²) in [6.07, 6.45) is 0.885. The summed E-state index contributed by atoms with van der Waals surface area (Å²) in [4.78, 5) is 12.9. The maximum absolute atomic E-state index is 10.9. The van der Waals surface area contributed by atoms with Crippen LogP contribution in [0.3, 0.4) is 0 Å². The minimum absolute atomic E-state index is 0.00578. The quantitative estimate of drug-likeness (QED) is 0.816. The van der Waals surface area contributed by atoms with Gasteiger partial charge in [-0.2, -0.15) is 0 Å². The predicted molar refractivity (Wildman–Crippen MR) is 70.6 cm³/mol. The standard InChI is InChI=1S/C14H21NO3/c1-4-10(2)15(9-14(17)18)11(3)12-6-5-7-13(16)8-12/h5-8,10-11,16H,4,9H2,1-3H3,(H,17,18). The number of phenolic OH excluding ortho intramolecular Hbond substituents is 1. The Bertz CT molecular complexity index is 406. The Balaban J connectivity index is 2.94. The van der Waals surface area contributed by atoms with Crippen LogP contribution >= 0.6 is 0 Å². The number of aliphatic carboxylic acids is 1. The van der Waals surface area contributed by atoms with Crippen LogP contribution in [0.5, 0.6) is 5.75 Å². The van der Waals surface area contributed by atoms with Crippen LogP contribution < -0.4 is 0 Å². The molecule has 0 heterocycles. The Morgan fingerprint density at radius 2 is 2.06 bits per heavy atom. The van der Waals surface area contributed by atoms with E-state index in [9.17, 15) is 9.90 Å². The molecule has 18 heavy (non-hydrogen) atoms. The van der Waals surface area contributed by atoms with Crippen molar-refractivity contribution in [1.29, 1.82) is 0 Å². The lowest BCUT2D eigenvalue weighted by Gasteiger charge is -2.33. The maximum atomic E-state index is 10.9. The summed E-state index contributed by atoms with van der Waals surface area (Å²) in [5, 5.41) is 18.5. The van der Waals surface area contributed by atoms with E-state index >= 15 is 0 Å². The number of hydrogen-bond acceptors (Lipinski definition) is 3. The number of benzene rings is 1. The second kappa shape index (κ2) is 6.40. The van der Waals surface area contributed by atoms with Crippen LogP contribution in [0.15, 0.2) is 24.3 Å². The van der Waals surface area contributed by atoms with Crippen LogP contribution in [0.1, 0.15) is 38.8 Å². The number of rotatable bonds is 6. The molecule has 0 radical (unpaired) electrons. The number of hydrogen-bond donors (Lipinski definition) is 2. The Morgan fingerprint density at radius 3 is 2.56 bits per heavy atom. The second-order valence-corrected chi connectivity index (χ2v) is 4.59. The number of carbonyl (C=O) groups is 1. The summed E-state index contributed by atoms with van der Waals surface area (Å²) in [5.74, 6) is -0.624. The van der Waals surface area contributed by atoms with E-state index in [4.69, 9.17) is 5.11 Å². The Kier molecular flexibility index (Phi) is 5.16. The summed E-state index contributed by atoms with van der Waals surface area (Å²) in [5.41, 5.74) is 0.927. The van der Waals surface area contributed by atoms with E-state index in [1.165, 1.54) is 0 Å². The Morgan fingerprint density at radius 1 is 1.39 bits per heavy atom. The van der Waals surface area contributed by atoms with Gasteiger partial charge in [-0.3, -0.25) is 9.69 Å². The van der Waals surface area contributed by atoms with Crippen LogP contribution in [0, 0.1) is 0 Å². The van der Waals surface area contributed by atoms with Gasteiger partial charge in [-0.15, -0.1) is 0 Å². The lowest BCUT2D eigenvalue weighted by molar-refractivity contribution is -0.139. The molecule has 0 aliphatic rings. The van der Waals surface area contributed by atoms with Crippen molar-refractivity contribution in [3.8, 4) is 5.75 Å². The minimum Gasteiger partial charge on any atom is -0.508 e. The third-order valence-electron chi connectivity index (χ3n) is 3.32. The van der Waals surface area contributed by atoms with Crippen LogP contribution in [0.2, 0.25) is 0 Å². The third-order valence-corrected chi connectivity index (χ3v) is 3.32. The van der Waals surface area contributed by atoms with Gasteiger partial charge < -0.3 is 10.2 Å². The van der Waals surface area contributed by atoms with Gasteiger partial charge in [0, 0.05) is 12.1 Å². The number of nitrogens with zero attached hydrogens (tertiary/aromatic N) is 1. The smallest absolute Gasteiger partial charge is 0.317 e. The van der Waals surface area contributed by atoms with Crippen molar-refractivity contribution in [3.63, 3.8) is 0 Å². The molecular weight excluding hydrogens is 230 g/mol. The zero-order chi connectivity index (χ0) is 13.7. The zero-order valence-electron chi connectivity index (χ0n) is 11.1. The molecule has 0 aromatic heterocycles. The van der Waals surface area contributed by atoms with Crippen LogP contribution in [-0.4, -0.2) is 33.7 Å². The van der Waals surface area contributed by atoms with Crippen LogP contribution in [0.4, 0.5) is 0 Å². The van der Waals surface area contributed by atoms with Gasteiger partial charge in [-0.1, -0.05) is 19.1 Å². The molecule has 0 saturated heterocycles. The second-order valence-electron chi connectivity index (χ2n) is 4.59. The van der Waals surface area contributed by atoms with Crippen LogP contribution in [0.25, 0.3) is 0 Å². The molecule has 0 saturated carbocycles. The topological polar surface area (TPSA) is 60.8 Å². The Labute approximate surface area is 108 Å². The number of carboxylic acid groups (broad SMARTS) is 1. The number of aromatic hydroxyl groups is 1. The Hall–Kier alpha value is -1.55. The first kappa shape index (κ1) is 14.5. The van der Waals surface area contributed by atoms with Crippen LogP contribution in [-0.2, 0) is 4.79 Å². The fraction of sp³-hybridized carbons (Fsp3) is 0.500. The monoisotopic (exact) mass is 251 g/mol. The summed E-state index contributed by atoms with van der Waals surface area (Å²) in [6.45, 7) is 6.02. The SMILES string of the molecule is CCC(C)N(CC(=O)O)C(C)c1cccc(O)c1. The van der Waals surface area contributed by atoms with E-state index < -0.39 is 5.97 Å². The molecule has 1 rings (SSSR count). The average molecular weight is 251 g/mol. The molecular formula is C14H21NO3. The molecule has 0 aliphatic carbocycles.